The number of para-hydroxylation sites is 1. The number of hydrogen-bond donors (Lipinski definition) is 2. The van der Waals surface area contributed by atoms with Crippen LogP contribution in [0.5, 0.6) is 0 Å². The zero-order chi connectivity index (χ0) is 14.8. The minimum atomic E-state index is -0.344. The summed E-state index contributed by atoms with van der Waals surface area (Å²) in [5.41, 5.74) is 6.00. The fourth-order valence-electron chi connectivity index (χ4n) is 2.53. The van der Waals surface area contributed by atoms with Gasteiger partial charge >= 0.3 is 0 Å². The highest BCUT2D eigenvalue weighted by Gasteiger charge is 2.15. The maximum absolute atomic E-state index is 13.6. The van der Waals surface area contributed by atoms with Crippen molar-refractivity contribution in [1.29, 1.82) is 0 Å². The predicted octanol–water partition coefficient (Wildman–Crippen LogP) is 3.24. The van der Waals surface area contributed by atoms with Gasteiger partial charge in [-0.25, -0.2) is 9.82 Å². The lowest BCUT2D eigenvalue weighted by molar-refractivity contribution is 0.597. The Kier molecular flexibility index (Phi) is 3.64. The number of aryl methyl sites for hydroxylation is 1. The third-order valence-electron chi connectivity index (χ3n) is 3.48. The van der Waals surface area contributed by atoms with Crippen molar-refractivity contribution in [3.8, 4) is 0 Å². The van der Waals surface area contributed by atoms with E-state index in [4.69, 9.17) is 5.84 Å². The Bertz CT molecular complexity index is 766. The number of nitrogens with zero attached hydrogens (tertiary/aromatic N) is 1. The molecule has 0 spiro atoms. The van der Waals surface area contributed by atoms with Gasteiger partial charge in [0.25, 0.3) is 0 Å². The molecule has 0 saturated carbocycles. The van der Waals surface area contributed by atoms with Crippen LogP contribution >= 0.6 is 0 Å². The maximum Gasteiger partial charge on any atom is 0.123 e. The normalized spacial score (nSPS) is 12.5. The lowest BCUT2D eigenvalue weighted by atomic mass is 10.0. The van der Waals surface area contributed by atoms with Crippen molar-refractivity contribution in [2.75, 3.05) is 0 Å². The molecule has 0 bridgehead atoms. The molecule has 21 heavy (non-hydrogen) atoms. The molecule has 3 nitrogen and oxygen atoms in total. The summed E-state index contributed by atoms with van der Waals surface area (Å²) >= 11 is 0. The first-order valence-electron chi connectivity index (χ1n) is 6.76. The van der Waals surface area contributed by atoms with Crippen LogP contribution in [0.4, 0.5) is 4.39 Å². The Morgan fingerprint density at radius 3 is 2.67 bits per heavy atom. The first kappa shape index (κ1) is 13.7. The molecule has 1 unspecified atom stereocenters. The molecule has 0 fully saturated rings. The Morgan fingerprint density at radius 1 is 1.10 bits per heavy atom. The van der Waals surface area contributed by atoms with Crippen molar-refractivity contribution in [2.45, 2.75) is 13.0 Å². The minimum Gasteiger partial charge on any atom is -0.271 e. The molecule has 0 saturated heterocycles. The Morgan fingerprint density at radius 2 is 1.90 bits per heavy atom. The second-order valence-electron chi connectivity index (χ2n) is 5.09. The maximum atomic E-state index is 13.6. The highest BCUT2D eigenvalue weighted by molar-refractivity contribution is 5.78. The van der Waals surface area contributed by atoms with Crippen LogP contribution in [-0.4, -0.2) is 4.98 Å². The van der Waals surface area contributed by atoms with E-state index in [1.165, 1.54) is 12.1 Å². The number of fused-ring (bicyclic) bond motifs is 1. The van der Waals surface area contributed by atoms with E-state index in [1.54, 1.807) is 0 Å². The summed E-state index contributed by atoms with van der Waals surface area (Å²) in [6.07, 6.45) is 0. The molecule has 3 rings (SSSR count). The van der Waals surface area contributed by atoms with Crippen LogP contribution < -0.4 is 11.3 Å². The number of hydrogen-bond acceptors (Lipinski definition) is 3. The number of nitrogens with one attached hydrogen (secondary N) is 1. The van der Waals surface area contributed by atoms with E-state index in [2.05, 4.69) is 10.4 Å². The highest BCUT2D eigenvalue weighted by Crippen LogP contribution is 2.23. The third kappa shape index (κ3) is 2.77. The molecular weight excluding hydrogens is 265 g/mol. The van der Waals surface area contributed by atoms with Gasteiger partial charge in [0, 0.05) is 5.39 Å². The molecule has 1 aromatic heterocycles. The minimum absolute atomic E-state index is 0.272. The van der Waals surface area contributed by atoms with Gasteiger partial charge in [-0.1, -0.05) is 30.3 Å². The molecule has 0 aliphatic rings. The largest absolute Gasteiger partial charge is 0.271 e. The van der Waals surface area contributed by atoms with Crippen molar-refractivity contribution in [1.82, 2.24) is 10.4 Å². The van der Waals surface area contributed by atoms with E-state index < -0.39 is 0 Å². The van der Waals surface area contributed by atoms with Crippen LogP contribution in [0, 0.1) is 12.7 Å². The van der Waals surface area contributed by atoms with Crippen molar-refractivity contribution >= 4 is 10.9 Å². The van der Waals surface area contributed by atoms with Crippen molar-refractivity contribution in [3.63, 3.8) is 0 Å². The lowest BCUT2D eigenvalue weighted by Crippen LogP contribution is -2.29. The first-order valence-corrected chi connectivity index (χ1v) is 6.76. The summed E-state index contributed by atoms with van der Waals surface area (Å²) in [5.74, 6) is 5.40. The number of aromatic nitrogens is 1. The first-order chi connectivity index (χ1) is 10.2. The Hall–Kier alpha value is -2.30. The van der Waals surface area contributed by atoms with Gasteiger partial charge in [-0.3, -0.25) is 10.8 Å². The molecule has 3 aromatic rings. The fourth-order valence-corrected chi connectivity index (χ4v) is 2.53. The number of hydrazine groups is 1. The molecule has 4 heteroatoms. The fraction of sp³-hybridized carbons (Fsp3) is 0.118. The topological polar surface area (TPSA) is 50.9 Å². The molecule has 1 heterocycles. The summed E-state index contributed by atoms with van der Waals surface area (Å²) in [4.78, 5) is 4.62. The van der Waals surface area contributed by atoms with Crippen molar-refractivity contribution in [3.05, 3.63) is 77.2 Å². The molecular formula is C17H16FN3. The van der Waals surface area contributed by atoms with Gasteiger partial charge < -0.3 is 0 Å². The zero-order valence-electron chi connectivity index (χ0n) is 11.7. The van der Waals surface area contributed by atoms with E-state index in [0.29, 0.717) is 0 Å². The Labute approximate surface area is 122 Å². The molecule has 0 radical (unpaired) electrons. The van der Waals surface area contributed by atoms with E-state index in [-0.39, 0.29) is 11.9 Å². The standard InChI is InChI=1S/C17H16FN3/c1-11-8-13(10-14(18)9-11)17(21-19)16-7-6-12-4-2-3-5-15(12)20-16/h2-10,17,21H,19H2,1H3. The zero-order valence-corrected chi connectivity index (χ0v) is 11.7. The van der Waals surface area contributed by atoms with Crippen molar-refractivity contribution in [2.24, 2.45) is 5.84 Å². The van der Waals surface area contributed by atoms with Crippen LogP contribution in [0.15, 0.2) is 54.6 Å². The second-order valence-corrected chi connectivity index (χ2v) is 5.09. The van der Waals surface area contributed by atoms with Crippen LogP contribution in [0.2, 0.25) is 0 Å². The smallest absolute Gasteiger partial charge is 0.123 e. The average molecular weight is 281 g/mol. The number of halogens is 1. The van der Waals surface area contributed by atoms with E-state index in [0.717, 1.165) is 27.7 Å². The molecule has 106 valence electrons. The number of nitrogens with two attached hydrogens (primary N) is 1. The molecule has 1 atom stereocenters. The lowest BCUT2D eigenvalue weighted by Gasteiger charge is -2.17. The van der Waals surface area contributed by atoms with Crippen LogP contribution in [-0.2, 0) is 0 Å². The summed E-state index contributed by atoms with van der Waals surface area (Å²) in [6.45, 7) is 1.86. The number of benzene rings is 2. The van der Waals surface area contributed by atoms with Crippen molar-refractivity contribution < 1.29 is 4.39 Å². The van der Waals surface area contributed by atoms with Gasteiger partial charge in [0.2, 0.25) is 0 Å². The summed E-state index contributed by atoms with van der Waals surface area (Å²) in [6, 6.07) is 16.3. The summed E-state index contributed by atoms with van der Waals surface area (Å²) < 4.78 is 13.6. The van der Waals surface area contributed by atoms with Crippen LogP contribution in [0.25, 0.3) is 10.9 Å². The molecule has 0 aliphatic carbocycles. The van der Waals surface area contributed by atoms with Gasteiger partial charge in [-0.15, -0.1) is 0 Å². The third-order valence-corrected chi connectivity index (χ3v) is 3.48. The van der Waals surface area contributed by atoms with E-state index in [1.807, 2.05) is 49.4 Å². The number of pyridine rings is 1. The van der Waals surface area contributed by atoms with Gasteiger partial charge in [0.1, 0.15) is 5.82 Å². The van der Waals surface area contributed by atoms with Crippen LogP contribution in [0.1, 0.15) is 22.9 Å². The monoisotopic (exact) mass is 281 g/mol. The Balaban J connectivity index is 2.08. The molecule has 0 aliphatic heterocycles. The predicted molar refractivity (Wildman–Crippen MR) is 82.0 cm³/mol. The highest BCUT2D eigenvalue weighted by atomic mass is 19.1. The SMILES string of the molecule is Cc1cc(F)cc(C(NN)c2ccc3ccccc3n2)c1. The van der Waals surface area contributed by atoms with Gasteiger partial charge in [-0.05, 0) is 42.3 Å². The average Bonchev–Trinajstić information content (AvgIpc) is 2.47. The quantitative estimate of drug-likeness (QED) is 0.572. The summed E-state index contributed by atoms with van der Waals surface area (Å²) in [5, 5.41) is 1.06. The van der Waals surface area contributed by atoms with Gasteiger partial charge in [0.15, 0.2) is 0 Å². The van der Waals surface area contributed by atoms with Gasteiger partial charge in [0.05, 0.1) is 17.3 Å². The summed E-state index contributed by atoms with van der Waals surface area (Å²) in [7, 11) is 0. The molecule has 3 N–H and O–H groups in total. The van der Waals surface area contributed by atoms with Crippen LogP contribution in [0.3, 0.4) is 0 Å². The molecule has 0 amide bonds. The second kappa shape index (κ2) is 5.60. The number of rotatable bonds is 3. The van der Waals surface area contributed by atoms with E-state index in [9.17, 15) is 4.39 Å². The van der Waals surface area contributed by atoms with E-state index >= 15 is 0 Å². The van der Waals surface area contributed by atoms with Gasteiger partial charge in [-0.2, -0.15) is 0 Å². The molecule has 2 aromatic carbocycles.